The average molecular weight is 566 g/mol. The van der Waals surface area contributed by atoms with Crippen molar-refractivity contribution >= 4 is 78.6 Å². The minimum absolute atomic E-state index is 0.0881. The number of thioether (sulfide) groups is 1. The summed E-state index contributed by atoms with van der Waals surface area (Å²) in [6.45, 7) is 0. The van der Waals surface area contributed by atoms with E-state index in [4.69, 9.17) is 4.74 Å². The molecule has 0 radical (unpaired) electrons. The Morgan fingerprint density at radius 3 is 2.62 bits per heavy atom. The van der Waals surface area contributed by atoms with Crippen molar-refractivity contribution in [3.8, 4) is 20.9 Å². The summed E-state index contributed by atoms with van der Waals surface area (Å²) in [7, 11) is 1.30. The van der Waals surface area contributed by atoms with Gasteiger partial charge in [-0.25, -0.2) is 14.8 Å². The molecule has 1 amide bonds. The molecule has 0 bridgehead atoms. The number of nitrogens with one attached hydrogen (secondary N) is 1. The molecule has 1 aromatic carbocycles. The third kappa shape index (κ3) is 5.64. The summed E-state index contributed by atoms with van der Waals surface area (Å²) >= 11 is 5.57. The van der Waals surface area contributed by atoms with Gasteiger partial charge in [0.05, 0.1) is 19.3 Å². The normalized spacial score (nSPS) is 10.9. The average Bonchev–Trinajstić information content (AvgIpc) is 3.67. The van der Waals surface area contributed by atoms with Crippen LogP contribution in [0.3, 0.4) is 0 Å². The Labute approximate surface area is 228 Å². The highest BCUT2D eigenvalue weighted by atomic mass is 32.2. The van der Waals surface area contributed by atoms with Gasteiger partial charge < -0.3 is 10.1 Å². The van der Waals surface area contributed by atoms with Gasteiger partial charge in [0.2, 0.25) is 5.91 Å². The van der Waals surface area contributed by atoms with Gasteiger partial charge in [-0.2, -0.15) is 0 Å². The molecule has 0 aliphatic carbocycles. The fourth-order valence-electron chi connectivity index (χ4n) is 3.61. The van der Waals surface area contributed by atoms with Crippen LogP contribution in [0.15, 0.2) is 70.6 Å². The molecule has 1 N–H and O–H groups in total. The number of nitrogens with zero attached hydrogens (tertiary/aromatic N) is 2. The van der Waals surface area contributed by atoms with Gasteiger partial charge in [0.1, 0.15) is 26.7 Å². The molecule has 0 aliphatic heterocycles. The van der Waals surface area contributed by atoms with Crippen LogP contribution in [0.5, 0.6) is 0 Å². The van der Waals surface area contributed by atoms with Crippen LogP contribution in [-0.2, 0) is 14.3 Å². The molecule has 11 heteroatoms. The van der Waals surface area contributed by atoms with Crippen LogP contribution in [-0.4, -0.2) is 40.5 Å². The molecule has 0 saturated heterocycles. The molecule has 0 atom stereocenters. The number of amides is 1. The van der Waals surface area contributed by atoms with E-state index in [2.05, 4.69) is 15.3 Å². The van der Waals surface area contributed by atoms with E-state index in [1.54, 1.807) is 16.7 Å². The predicted molar refractivity (Wildman–Crippen MR) is 151 cm³/mol. The number of methoxy groups -OCH3 is 1. The van der Waals surface area contributed by atoms with E-state index >= 15 is 0 Å². The number of carbonyl (C=O) groups excluding carboxylic acids is 3. The third-order valence-corrected chi connectivity index (χ3v) is 9.25. The monoisotopic (exact) mass is 565 g/mol. The maximum Gasteiger partial charge on any atom is 0.341 e. The summed E-state index contributed by atoms with van der Waals surface area (Å²) in [4.78, 5) is 49.3. The van der Waals surface area contributed by atoms with Crippen LogP contribution in [0.2, 0.25) is 0 Å². The van der Waals surface area contributed by atoms with Gasteiger partial charge in [-0.1, -0.05) is 48.2 Å². The minimum Gasteiger partial charge on any atom is -0.465 e. The number of benzene rings is 1. The highest BCUT2D eigenvalue weighted by Crippen LogP contribution is 2.39. The third-order valence-electron chi connectivity index (χ3n) is 5.30. The van der Waals surface area contributed by atoms with E-state index in [0.717, 1.165) is 25.5 Å². The van der Waals surface area contributed by atoms with Crippen molar-refractivity contribution in [3.05, 3.63) is 71.2 Å². The first kappa shape index (κ1) is 25.3. The quantitative estimate of drug-likeness (QED) is 0.0927. The smallest absolute Gasteiger partial charge is 0.341 e. The number of ketones is 1. The van der Waals surface area contributed by atoms with Gasteiger partial charge in [0.15, 0.2) is 5.78 Å². The number of thiophene rings is 3. The van der Waals surface area contributed by atoms with Crippen molar-refractivity contribution in [1.82, 2.24) is 9.97 Å². The molecule has 37 heavy (non-hydrogen) atoms. The fraction of sp³-hybridized carbons (Fsp3) is 0.115. The lowest BCUT2D eigenvalue weighted by Gasteiger charge is -2.07. The molecule has 5 rings (SSSR count). The molecule has 7 nitrogen and oxygen atoms in total. The van der Waals surface area contributed by atoms with Gasteiger partial charge in [-0.3, -0.25) is 9.59 Å². The summed E-state index contributed by atoms with van der Waals surface area (Å²) in [5.41, 5.74) is 2.08. The molecule has 186 valence electrons. The number of ether oxygens (including phenoxy) is 1. The van der Waals surface area contributed by atoms with E-state index < -0.39 is 11.9 Å². The molecule has 4 heterocycles. The number of rotatable bonds is 9. The number of esters is 1. The van der Waals surface area contributed by atoms with Crippen molar-refractivity contribution in [1.29, 1.82) is 0 Å². The SMILES string of the molecule is COC(=O)c1c(-c2cccs2)csc1NC(=O)CC(=O)CSc1ncnc2sc(-c3ccccc3)cc12. The standard InChI is InChI=1S/C26H19N3O4S4/c1-33-26(32)22-18(19-8-5-9-34-19)13-36-25(22)29-21(31)10-16(30)12-35-23-17-11-20(15-6-3-2-4-7-15)37-24(17)28-14-27-23/h2-9,11,13-14H,10,12H2,1H3,(H,29,31). The summed E-state index contributed by atoms with van der Waals surface area (Å²) < 4.78 is 4.93. The number of carbonyl (C=O) groups is 3. The molecule has 0 saturated carbocycles. The van der Waals surface area contributed by atoms with Gasteiger partial charge >= 0.3 is 5.97 Å². The number of hydrogen-bond donors (Lipinski definition) is 1. The Balaban J connectivity index is 1.24. The predicted octanol–water partition coefficient (Wildman–Crippen LogP) is 6.62. The maximum absolute atomic E-state index is 12.7. The van der Waals surface area contributed by atoms with Crippen LogP contribution in [0.25, 0.3) is 31.1 Å². The summed E-state index contributed by atoms with van der Waals surface area (Å²) in [6.07, 6.45) is 1.18. The Hall–Kier alpha value is -3.38. The second-order valence-corrected chi connectivity index (χ2v) is 11.6. The number of Topliss-reactive ketones (excluding diaryl/α,β-unsaturated/α-hetero) is 1. The Kier molecular flexibility index (Phi) is 7.75. The lowest BCUT2D eigenvalue weighted by Crippen LogP contribution is -2.18. The fourth-order valence-corrected chi connectivity index (χ4v) is 7.30. The van der Waals surface area contributed by atoms with Crippen molar-refractivity contribution in [2.45, 2.75) is 11.4 Å². The van der Waals surface area contributed by atoms with Crippen molar-refractivity contribution < 1.29 is 19.1 Å². The highest BCUT2D eigenvalue weighted by molar-refractivity contribution is 8.00. The molecular formula is C26H19N3O4S4. The van der Waals surface area contributed by atoms with Gasteiger partial charge in [-0.05, 0) is 23.1 Å². The first-order valence-electron chi connectivity index (χ1n) is 11.0. The zero-order chi connectivity index (χ0) is 25.8. The van der Waals surface area contributed by atoms with E-state index in [1.807, 2.05) is 53.9 Å². The molecule has 0 unspecified atom stereocenters. The first-order valence-corrected chi connectivity index (χ1v) is 14.6. The summed E-state index contributed by atoms with van der Waals surface area (Å²) in [5.74, 6) is -1.18. The lowest BCUT2D eigenvalue weighted by atomic mass is 10.1. The summed E-state index contributed by atoms with van der Waals surface area (Å²) in [6, 6.07) is 15.8. The summed E-state index contributed by atoms with van der Waals surface area (Å²) in [5, 5.41) is 8.38. The maximum atomic E-state index is 12.7. The van der Waals surface area contributed by atoms with Crippen molar-refractivity contribution in [2.75, 3.05) is 18.2 Å². The minimum atomic E-state index is -0.541. The van der Waals surface area contributed by atoms with E-state index in [9.17, 15) is 14.4 Å². The number of anilines is 1. The lowest BCUT2D eigenvalue weighted by molar-refractivity contribution is -0.123. The Morgan fingerprint density at radius 1 is 1.03 bits per heavy atom. The number of aromatic nitrogens is 2. The van der Waals surface area contributed by atoms with Gasteiger partial charge in [0.25, 0.3) is 0 Å². The highest BCUT2D eigenvalue weighted by Gasteiger charge is 2.23. The van der Waals surface area contributed by atoms with Crippen LogP contribution in [0, 0.1) is 0 Å². The van der Waals surface area contributed by atoms with E-state index in [0.29, 0.717) is 21.2 Å². The molecular weight excluding hydrogens is 547 g/mol. The zero-order valence-corrected chi connectivity index (χ0v) is 22.7. The molecule has 0 fully saturated rings. The molecule has 5 aromatic rings. The Bertz CT molecular complexity index is 1580. The zero-order valence-electron chi connectivity index (χ0n) is 19.4. The molecule has 4 aromatic heterocycles. The van der Waals surface area contributed by atoms with E-state index in [1.165, 1.54) is 47.9 Å². The van der Waals surface area contributed by atoms with Gasteiger partial charge in [-0.15, -0.1) is 34.0 Å². The molecule has 0 aliphatic rings. The largest absolute Gasteiger partial charge is 0.465 e. The first-order chi connectivity index (χ1) is 18.0. The van der Waals surface area contributed by atoms with Crippen LogP contribution < -0.4 is 5.32 Å². The van der Waals surface area contributed by atoms with Gasteiger partial charge in [0, 0.05) is 26.1 Å². The second-order valence-electron chi connectivity index (χ2n) is 7.75. The topological polar surface area (TPSA) is 98.2 Å². The van der Waals surface area contributed by atoms with Crippen LogP contribution in [0.4, 0.5) is 5.00 Å². The molecule has 0 spiro atoms. The van der Waals surface area contributed by atoms with Crippen molar-refractivity contribution in [3.63, 3.8) is 0 Å². The van der Waals surface area contributed by atoms with Crippen LogP contribution in [0.1, 0.15) is 16.8 Å². The van der Waals surface area contributed by atoms with E-state index in [-0.39, 0.29) is 18.0 Å². The van der Waals surface area contributed by atoms with Crippen LogP contribution >= 0.6 is 45.8 Å². The Morgan fingerprint density at radius 2 is 1.86 bits per heavy atom. The van der Waals surface area contributed by atoms with Crippen molar-refractivity contribution in [2.24, 2.45) is 0 Å². The second kappa shape index (κ2) is 11.3. The number of hydrogen-bond acceptors (Lipinski definition) is 10. The number of fused-ring (bicyclic) bond motifs is 1.